The second-order valence-corrected chi connectivity index (χ2v) is 7.82. The zero-order chi connectivity index (χ0) is 17.0. The summed E-state index contributed by atoms with van der Waals surface area (Å²) >= 11 is 0. The lowest BCUT2D eigenvalue weighted by Gasteiger charge is -2.18. The lowest BCUT2D eigenvalue weighted by atomic mass is 10.0. The summed E-state index contributed by atoms with van der Waals surface area (Å²) in [7, 11) is 0. The number of hydrogen-bond acceptors (Lipinski definition) is 5. The monoisotopic (exact) mass is 340 g/mol. The molecule has 5 rings (SSSR count). The van der Waals surface area contributed by atoms with E-state index in [1.54, 1.807) is 0 Å². The molecule has 2 aromatic heterocycles. The standard InChI is InChI=1S/C19H24N4O2/c1-2-3-15-17-14(6-16(11-4-5-11)21-18(17)25-22-15)19(24)23-9-12-7-20-8-13(12)10-23/h6,11-13,20H,2-5,7-10H2,1H3/t12-,13+. The molecular weight excluding hydrogens is 316 g/mol. The van der Waals surface area contributed by atoms with Gasteiger partial charge < -0.3 is 14.7 Å². The molecule has 3 fully saturated rings. The minimum absolute atomic E-state index is 0.129. The molecule has 0 bridgehead atoms. The van der Waals surface area contributed by atoms with E-state index in [-0.39, 0.29) is 5.91 Å². The van der Waals surface area contributed by atoms with Crippen molar-refractivity contribution in [2.75, 3.05) is 26.2 Å². The summed E-state index contributed by atoms with van der Waals surface area (Å²) in [5, 5.41) is 8.49. The second-order valence-electron chi connectivity index (χ2n) is 7.82. The first-order valence-electron chi connectivity index (χ1n) is 9.53. The van der Waals surface area contributed by atoms with Gasteiger partial charge in [0.1, 0.15) is 0 Å². The zero-order valence-electron chi connectivity index (χ0n) is 14.6. The predicted molar refractivity (Wildman–Crippen MR) is 93.5 cm³/mol. The number of aromatic nitrogens is 2. The van der Waals surface area contributed by atoms with Crippen molar-refractivity contribution in [1.29, 1.82) is 0 Å². The molecule has 1 N–H and O–H groups in total. The molecule has 4 heterocycles. The Labute approximate surface area is 146 Å². The predicted octanol–water partition coefficient (Wildman–Crippen LogP) is 2.34. The first kappa shape index (κ1) is 15.3. The van der Waals surface area contributed by atoms with Crippen molar-refractivity contribution in [3.8, 4) is 0 Å². The maximum absolute atomic E-state index is 13.4. The molecule has 132 valence electrons. The van der Waals surface area contributed by atoms with Crippen molar-refractivity contribution >= 4 is 17.0 Å². The van der Waals surface area contributed by atoms with Crippen LogP contribution in [-0.2, 0) is 6.42 Å². The van der Waals surface area contributed by atoms with Gasteiger partial charge in [-0.1, -0.05) is 18.5 Å². The Hall–Kier alpha value is -1.95. The van der Waals surface area contributed by atoms with Crippen molar-refractivity contribution in [2.45, 2.75) is 38.5 Å². The van der Waals surface area contributed by atoms with Crippen LogP contribution in [-0.4, -0.2) is 47.1 Å². The number of pyridine rings is 1. The van der Waals surface area contributed by atoms with Gasteiger partial charge in [0.2, 0.25) is 0 Å². The molecule has 0 unspecified atom stereocenters. The second kappa shape index (κ2) is 5.80. The highest BCUT2D eigenvalue weighted by atomic mass is 16.5. The van der Waals surface area contributed by atoms with Crippen molar-refractivity contribution in [3.05, 3.63) is 23.0 Å². The molecule has 2 aliphatic heterocycles. The molecule has 6 nitrogen and oxygen atoms in total. The first-order valence-corrected chi connectivity index (χ1v) is 9.53. The number of aryl methyl sites for hydroxylation is 1. The molecule has 6 heteroatoms. The minimum atomic E-state index is 0.129. The van der Waals surface area contributed by atoms with Gasteiger partial charge in [0.25, 0.3) is 11.6 Å². The zero-order valence-corrected chi connectivity index (χ0v) is 14.6. The van der Waals surface area contributed by atoms with E-state index in [0.717, 1.165) is 74.2 Å². The Morgan fingerprint density at radius 3 is 2.76 bits per heavy atom. The number of rotatable bonds is 4. The fraction of sp³-hybridized carbons (Fsp3) is 0.632. The lowest BCUT2D eigenvalue weighted by molar-refractivity contribution is 0.0783. The van der Waals surface area contributed by atoms with Gasteiger partial charge in [-0.3, -0.25) is 4.79 Å². The quantitative estimate of drug-likeness (QED) is 0.925. The summed E-state index contributed by atoms with van der Waals surface area (Å²) in [5.74, 6) is 1.81. The number of hydrogen-bond donors (Lipinski definition) is 1. The highest BCUT2D eigenvalue weighted by Crippen LogP contribution is 2.41. The summed E-state index contributed by atoms with van der Waals surface area (Å²) in [6.45, 7) is 5.88. The van der Waals surface area contributed by atoms with Gasteiger partial charge in [-0.25, -0.2) is 4.98 Å². The number of carbonyl (C=O) groups excluding carboxylic acids is 1. The Morgan fingerprint density at radius 2 is 2.08 bits per heavy atom. The van der Waals surface area contributed by atoms with Gasteiger partial charge >= 0.3 is 0 Å². The Bertz CT molecular complexity index is 814. The van der Waals surface area contributed by atoms with Crippen LogP contribution >= 0.6 is 0 Å². The van der Waals surface area contributed by atoms with Crippen LogP contribution in [0.2, 0.25) is 0 Å². The Balaban J connectivity index is 1.55. The maximum Gasteiger partial charge on any atom is 0.259 e. The summed E-state index contributed by atoms with van der Waals surface area (Å²) in [5.41, 5.74) is 3.16. The van der Waals surface area contributed by atoms with E-state index in [2.05, 4.69) is 22.4 Å². The van der Waals surface area contributed by atoms with E-state index in [9.17, 15) is 4.79 Å². The van der Waals surface area contributed by atoms with Crippen molar-refractivity contribution < 1.29 is 9.32 Å². The SMILES string of the molecule is CCCc1noc2nc(C3CC3)cc(C(=O)N3C[C@H]4CNC[C@H]4C3)c12. The average Bonchev–Trinajstić information content (AvgIpc) is 3.05. The van der Waals surface area contributed by atoms with Crippen LogP contribution in [0, 0.1) is 11.8 Å². The number of carbonyl (C=O) groups is 1. The van der Waals surface area contributed by atoms with Gasteiger partial charge in [-0.2, -0.15) is 0 Å². The fourth-order valence-corrected chi connectivity index (χ4v) is 4.39. The topological polar surface area (TPSA) is 71.3 Å². The van der Waals surface area contributed by atoms with Crippen LogP contribution in [0.5, 0.6) is 0 Å². The molecule has 2 saturated heterocycles. The summed E-state index contributed by atoms with van der Waals surface area (Å²) in [4.78, 5) is 20.0. The van der Waals surface area contributed by atoms with Crippen molar-refractivity contribution in [2.24, 2.45) is 11.8 Å². The van der Waals surface area contributed by atoms with E-state index in [4.69, 9.17) is 4.52 Å². The van der Waals surface area contributed by atoms with E-state index in [1.165, 1.54) is 0 Å². The van der Waals surface area contributed by atoms with E-state index >= 15 is 0 Å². The molecule has 2 aromatic rings. The highest BCUT2D eigenvalue weighted by molar-refractivity contribution is 6.06. The number of amides is 1. The first-order chi connectivity index (χ1) is 12.2. The molecule has 1 aliphatic carbocycles. The van der Waals surface area contributed by atoms with Gasteiger partial charge in [-0.15, -0.1) is 0 Å². The van der Waals surface area contributed by atoms with Crippen molar-refractivity contribution in [3.63, 3.8) is 0 Å². The third-order valence-corrected chi connectivity index (χ3v) is 5.93. The van der Waals surface area contributed by atoms with Crippen molar-refractivity contribution in [1.82, 2.24) is 20.4 Å². The summed E-state index contributed by atoms with van der Waals surface area (Å²) in [6.07, 6.45) is 4.09. The van der Waals surface area contributed by atoms with E-state index in [0.29, 0.717) is 23.5 Å². The number of nitrogens with zero attached hydrogens (tertiary/aromatic N) is 3. The van der Waals surface area contributed by atoms with E-state index < -0.39 is 0 Å². The van der Waals surface area contributed by atoms with Crippen LogP contribution in [0.1, 0.15) is 53.8 Å². The number of fused-ring (bicyclic) bond motifs is 2. The Morgan fingerprint density at radius 1 is 1.32 bits per heavy atom. The third kappa shape index (κ3) is 2.54. The largest absolute Gasteiger partial charge is 0.338 e. The van der Waals surface area contributed by atoms with Gasteiger partial charge in [0.15, 0.2) is 0 Å². The van der Waals surface area contributed by atoms with Crippen LogP contribution in [0.25, 0.3) is 11.1 Å². The van der Waals surface area contributed by atoms with Gasteiger partial charge in [0, 0.05) is 37.8 Å². The van der Waals surface area contributed by atoms with E-state index in [1.807, 2.05) is 11.0 Å². The molecule has 2 atom stereocenters. The highest BCUT2D eigenvalue weighted by Gasteiger charge is 2.39. The van der Waals surface area contributed by atoms with Crippen LogP contribution in [0.3, 0.4) is 0 Å². The minimum Gasteiger partial charge on any atom is -0.338 e. The number of likely N-dealkylation sites (tertiary alicyclic amines) is 1. The van der Waals surface area contributed by atoms with Gasteiger partial charge in [-0.05, 0) is 37.2 Å². The average molecular weight is 340 g/mol. The third-order valence-electron chi connectivity index (χ3n) is 5.93. The molecule has 1 saturated carbocycles. The van der Waals surface area contributed by atoms with Crippen LogP contribution < -0.4 is 5.32 Å². The molecule has 0 spiro atoms. The van der Waals surface area contributed by atoms with Crippen LogP contribution in [0.15, 0.2) is 10.6 Å². The molecule has 3 aliphatic rings. The smallest absolute Gasteiger partial charge is 0.259 e. The maximum atomic E-state index is 13.4. The molecule has 25 heavy (non-hydrogen) atoms. The summed E-state index contributed by atoms with van der Waals surface area (Å²) in [6, 6.07) is 2.02. The lowest BCUT2D eigenvalue weighted by Crippen LogP contribution is -2.32. The molecule has 0 radical (unpaired) electrons. The molecular formula is C19H24N4O2. The normalized spacial score (nSPS) is 25.7. The van der Waals surface area contributed by atoms with Crippen LogP contribution in [0.4, 0.5) is 0 Å². The Kier molecular flexibility index (Phi) is 3.55. The summed E-state index contributed by atoms with van der Waals surface area (Å²) < 4.78 is 5.51. The molecule has 1 amide bonds. The van der Waals surface area contributed by atoms with Gasteiger partial charge in [0.05, 0.1) is 16.6 Å². The number of nitrogens with one attached hydrogen (secondary N) is 1. The fourth-order valence-electron chi connectivity index (χ4n) is 4.39. The molecule has 0 aromatic carbocycles.